The molecular formula is C71H110O12. The quantitative estimate of drug-likeness (QED) is 0.0228. The van der Waals surface area contributed by atoms with Crippen LogP contribution in [0.5, 0.6) is 0 Å². The zero-order valence-corrected chi connectivity index (χ0v) is 51.4. The molecule has 0 aliphatic carbocycles. The molecule has 1 fully saturated rings. The van der Waals surface area contributed by atoms with Crippen molar-refractivity contribution >= 4 is 23.9 Å². The van der Waals surface area contributed by atoms with Gasteiger partial charge in [-0.1, -0.05) is 218 Å². The maximum atomic E-state index is 13.2. The second-order valence-corrected chi connectivity index (χ2v) is 20.9. The van der Waals surface area contributed by atoms with Gasteiger partial charge in [-0.25, -0.2) is 4.79 Å². The van der Waals surface area contributed by atoms with Crippen molar-refractivity contribution in [3.8, 4) is 0 Å². The Balaban J connectivity index is 2.72. The van der Waals surface area contributed by atoms with Crippen LogP contribution in [-0.2, 0) is 42.9 Å². The molecule has 12 nitrogen and oxygen atoms in total. The molecule has 0 aromatic rings. The van der Waals surface area contributed by atoms with E-state index < -0.39 is 67.3 Å². The average Bonchev–Trinajstić information content (AvgIpc) is 3.55. The summed E-state index contributed by atoms with van der Waals surface area (Å²) in [5.74, 6) is -3.23. The van der Waals surface area contributed by atoms with E-state index in [2.05, 4.69) is 167 Å². The fourth-order valence-corrected chi connectivity index (χ4v) is 8.63. The van der Waals surface area contributed by atoms with Crippen LogP contribution in [0.25, 0.3) is 0 Å². The van der Waals surface area contributed by atoms with Gasteiger partial charge in [-0.05, 0) is 135 Å². The molecule has 6 atom stereocenters. The number of hydrogen-bond acceptors (Lipinski definition) is 11. The van der Waals surface area contributed by atoms with Gasteiger partial charge in [0.1, 0.15) is 18.8 Å². The van der Waals surface area contributed by atoms with Gasteiger partial charge in [0, 0.05) is 19.3 Å². The van der Waals surface area contributed by atoms with Crippen molar-refractivity contribution in [2.24, 2.45) is 0 Å². The highest BCUT2D eigenvalue weighted by Gasteiger charge is 2.50. The van der Waals surface area contributed by atoms with Gasteiger partial charge in [0.2, 0.25) is 0 Å². The number of allylic oxidation sites excluding steroid dienone is 24. The first-order chi connectivity index (χ1) is 40.6. The molecule has 6 unspecified atom stereocenters. The van der Waals surface area contributed by atoms with E-state index in [0.29, 0.717) is 19.3 Å². The fraction of sp³-hybridized carbons (Fsp3) is 0.606. The molecule has 0 amide bonds. The van der Waals surface area contributed by atoms with Crippen LogP contribution in [0.2, 0.25) is 0 Å². The Kier molecular flexibility index (Phi) is 52.0. The summed E-state index contributed by atoms with van der Waals surface area (Å²) in [6.07, 6.45) is 69.4. The second kappa shape index (κ2) is 57.1. The minimum absolute atomic E-state index is 0.00920. The van der Waals surface area contributed by atoms with Crippen molar-refractivity contribution in [3.63, 3.8) is 0 Å². The summed E-state index contributed by atoms with van der Waals surface area (Å²) in [5, 5.41) is 31.6. The molecule has 0 bridgehead atoms. The summed E-state index contributed by atoms with van der Waals surface area (Å²) >= 11 is 0. The summed E-state index contributed by atoms with van der Waals surface area (Å²) in [5.41, 5.74) is 0. The number of aliphatic hydroxyl groups excluding tert-OH is 2. The third-order valence-electron chi connectivity index (χ3n) is 13.4. The first kappa shape index (κ1) is 75.6. The van der Waals surface area contributed by atoms with Crippen LogP contribution in [0, 0.1) is 0 Å². The summed E-state index contributed by atoms with van der Waals surface area (Å²) in [7, 11) is 0. The maximum Gasteiger partial charge on any atom is 0.335 e. The molecule has 1 heterocycles. The third kappa shape index (κ3) is 46.6. The number of aliphatic hydroxyl groups is 2. The number of carbonyl (C=O) groups is 4. The normalized spacial score (nSPS) is 18.6. The van der Waals surface area contributed by atoms with E-state index in [4.69, 9.17) is 23.7 Å². The molecule has 0 spiro atoms. The summed E-state index contributed by atoms with van der Waals surface area (Å²) < 4.78 is 28.5. The zero-order valence-electron chi connectivity index (χ0n) is 51.4. The van der Waals surface area contributed by atoms with Crippen LogP contribution >= 0.6 is 0 Å². The van der Waals surface area contributed by atoms with Crippen molar-refractivity contribution < 1.29 is 58.2 Å². The molecule has 0 aromatic carbocycles. The molecular weight excluding hydrogens is 1040 g/mol. The van der Waals surface area contributed by atoms with E-state index in [1.54, 1.807) is 0 Å². The van der Waals surface area contributed by atoms with Gasteiger partial charge >= 0.3 is 23.9 Å². The van der Waals surface area contributed by atoms with Gasteiger partial charge < -0.3 is 39.0 Å². The molecule has 0 radical (unpaired) electrons. The third-order valence-corrected chi connectivity index (χ3v) is 13.4. The molecule has 466 valence electrons. The van der Waals surface area contributed by atoms with Crippen molar-refractivity contribution in [1.29, 1.82) is 0 Å². The predicted molar refractivity (Wildman–Crippen MR) is 339 cm³/mol. The first-order valence-corrected chi connectivity index (χ1v) is 31.8. The van der Waals surface area contributed by atoms with Crippen molar-refractivity contribution in [2.45, 2.75) is 263 Å². The number of carboxylic acids is 1. The van der Waals surface area contributed by atoms with Crippen molar-refractivity contribution in [2.75, 3.05) is 13.2 Å². The van der Waals surface area contributed by atoms with Gasteiger partial charge in [-0.2, -0.15) is 0 Å². The number of aliphatic carboxylic acids is 1. The summed E-state index contributed by atoms with van der Waals surface area (Å²) in [6, 6.07) is 0. The van der Waals surface area contributed by atoms with Crippen LogP contribution in [0.15, 0.2) is 146 Å². The zero-order chi connectivity index (χ0) is 60.3. The molecule has 1 rings (SSSR count). The lowest BCUT2D eigenvalue weighted by atomic mass is 9.98. The number of unbranched alkanes of at least 4 members (excludes halogenated alkanes) is 14. The molecule has 1 aliphatic rings. The van der Waals surface area contributed by atoms with E-state index in [0.717, 1.165) is 167 Å². The Morgan fingerprint density at radius 1 is 0.398 bits per heavy atom. The largest absolute Gasteiger partial charge is 0.479 e. The minimum atomic E-state index is -1.93. The van der Waals surface area contributed by atoms with Gasteiger partial charge in [0.05, 0.1) is 6.61 Å². The number of esters is 3. The molecule has 0 aromatic heterocycles. The molecule has 1 aliphatic heterocycles. The standard InChI is InChI=1S/C71H110O12/c1-4-7-10-13-16-19-22-25-28-31-32-35-38-41-44-47-50-53-56-59-65(74)82-69-67(76)66(75)68(70(77)78)83-71(69)80-61-62(81-64(73)58-55-52-49-46-43-40-37-34-30-27-24-21-18-15-12-9-6-3)60-79-63(72)57-54-51-48-45-42-39-36-33-29-26-23-20-17-14-11-8-5-2/h7-12,16-21,25-30,32,35-36,39,41,44,62,66-69,71,75-76H,4-6,13-15,22-24,31,33-34,37-38,40,42-43,45-61H2,1-3H3,(H,77,78)/b10-7-,11-8-,12-9-,19-16-,20-17-,21-18-,28-25-,29-26-,30-27-,35-32-,39-36-,44-41-. The molecule has 1 saturated heterocycles. The van der Waals surface area contributed by atoms with Gasteiger partial charge in [-0.3, -0.25) is 14.4 Å². The van der Waals surface area contributed by atoms with E-state index in [1.807, 2.05) is 0 Å². The Hall–Kier alpha value is -5.40. The van der Waals surface area contributed by atoms with Crippen LogP contribution in [0.3, 0.4) is 0 Å². The number of carbonyl (C=O) groups excluding carboxylic acids is 3. The molecule has 0 saturated carbocycles. The highest BCUT2D eigenvalue weighted by molar-refractivity contribution is 5.74. The number of hydrogen-bond donors (Lipinski definition) is 3. The van der Waals surface area contributed by atoms with E-state index in [9.17, 15) is 34.5 Å². The maximum absolute atomic E-state index is 13.2. The van der Waals surface area contributed by atoms with E-state index in [1.165, 1.54) is 0 Å². The van der Waals surface area contributed by atoms with Gasteiger partial charge in [-0.15, -0.1) is 0 Å². The van der Waals surface area contributed by atoms with Crippen LogP contribution in [0.4, 0.5) is 0 Å². The topological polar surface area (TPSA) is 175 Å². The Morgan fingerprint density at radius 2 is 0.723 bits per heavy atom. The van der Waals surface area contributed by atoms with E-state index >= 15 is 0 Å². The highest BCUT2D eigenvalue weighted by atomic mass is 16.7. The van der Waals surface area contributed by atoms with Crippen LogP contribution in [0.1, 0.15) is 226 Å². The summed E-state index contributed by atoms with van der Waals surface area (Å²) in [6.45, 7) is 5.61. The lowest BCUT2D eigenvalue weighted by Crippen LogP contribution is -2.61. The smallest absolute Gasteiger partial charge is 0.335 e. The molecule has 12 heteroatoms. The molecule has 3 N–H and O–H groups in total. The number of rotatable bonds is 52. The van der Waals surface area contributed by atoms with Crippen molar-refractivity contribution in [1.82, 2.24) is 0 Å². The second-order valence-electron chi connectivity index (χ2n) is 20.9. The molecule has 83 heavy (non-hydrogen) atoms. The lowest BCUT2D eigenvalue weighted by molar-refractivity contribution is -0.301. The van der Waals surface area contributed by atoms with Gasteiger partial charge in [0.25, 0.3) is 0 Å². The highest BCUT2D eigenvalue weighted by Crippen LogP contribution is 2.26. The van der Waals surface area contributed by atoms with Crippen LogP contribution in [-0.4, -0.2) is 89.2 Å². The van der Waals surface area contributed by atoms with Crippen molar-refractivity contribution in [3.05, 3.63) is 146 Å². The number of carboxylic acid groups (broad SMARTS) is 1. The summed E-state index contributed by atoms with van der Waals surface area (Å²) in [4.78, 5) is 51.3. The van der Waals surface area contributed by atoms with Crippen LogP contribution < -0.4 is 0 Å². The Bertz CT molecular complexity index is 2000. The minimum Gasteiger partial charge on any atom is -0.479 e. The average molecular weight is 1160 g/mol. The van der Waals surface area contributed by atoms with E-state index in [-0.39, 0.29) is 25.9 Å². The Morgan fingerprint density at radius 3 is 1.11 bits per heavy atom. The monoisotopic (exact) mass is 1150 g/mol. The fourth-order valence-electron chi connectivity index (χ4n) is 8.63. The van der Waals surface area contributed by atoms with Gasteiger partial charge in [0.15, 0.2) is 24.6 Å². The Labute approximate surface area is 502 Å². The SMILES string of the molecule is CC/C=C\C/C=C\C/C=C\C/C=C\C/C=C\CCCCCC(=O)OC1C(OCC(COC(=O)CCCCCC/C=C\C/C=C\C/C=C\C/C=C\CC)OC(=O)CCCCCCCCC/C=C\C/C=C\C/C=C\CC)OC(C(=O)O)C(O)C1O. The predicted octanol–water partition coefficient (Wildman–Crippen LogP) is 17.1. The number of ether oxygens (including phenoxy) is 5. The lowest BCUT2D eigenvalue weighted by Gasteiger charge is -2.40. The first-order valence-electron chi connectivity index (χ1n) is 31.8.